The Morgan fingerprint density at radius 2 is 2.45 bits per heavy atom. The molecule has 0 atom stereocenters. The Bertz CT molecular complexity index is 210. The molecule has 0 fully saturated rings. The average molecular weight is 157 g/mol. The van der Waals surface area contributed by atoms with Gasteiger partial charge in [0.05, 0.1) is 0 Å². The number of aliphatic hydroxyl groups excluding tert-OH is 1. The Morgan fingerprint density at radius 3 is 3.00 bits per heavy atom. The number of aromatic amines is 1. The molecule has 0 saturated heterocycles. The topological polar surface area (TPSA) is 99.8 Å². The van der Waals surface area contributed by atoms with E-state index in [4.69, 9.17) is 10.8 Å². The third kappa shape index (κ3) is 2.42. The van der Waals surface area contributed by atoms with Crippen molar-refractivity contribution in [1.29, 1.82) is 0 Å². The van der Waals surface area contributed by atoms with Gasteiger partial charge in [0.2, 0.25) is 11.9 Å². The highest BCUT2D eigenvalue weighted by Crippen LogP contribution is 1.97. The lowest BCUT2D eigenvalue weighted by atomic mass is 10.4. The number of nitrogens with one attached hydrogen (secondary N) is 2. The fourth-order valence-electron chi connectivity index (χ4n) is 0.633. The number of hydrogen-bond donors (Lipinski definition) is 4. The largest absolute Gasteiger partial charge is 0.396 e. The molecular formula is C5H11N5O. The predicted octanol–water partition coefficient (Wildman–Crippen LogP) is -0.819. The van der Waals surface area contributed by atoms with Crippen molar-refractivity contribution in [2.75, 3.05) is 24.2 Å². The third-order valence-electron chi connectivity index (χ3n) is 1.12. The van der Waals surface area contributed by atoms with Crippen LogP contribution in [0.1, 0.15) is 6.42 Å². The minimum Gasteiger partial charge on any atom is -0.396 e. The summed E-state index contributed by atoms with van der Waals surface area (Å²) in [6.07, 6.45) is 0.675. The SMILES string of the molecule is Nc1nc(NCCCO)n[nH]1. The summed E-state index contributed by atoms with van der Waals surface area (Å²) in [6, 6.07) is 0. The van der Waals surface area contributed by atoms with Crippen molar-refractivity contribution < 1.29 is 5.11 Å². The van der Waals surface area contributed by atoms with Crippen molar-refractivity contribution in [1.82, 2.24) is 15.2 Å². The number of rotatable bonds is 4. The van der Waals surface area contributed by atoms with E-state index in [0.29, 0.717) is 18.9 Å². The molecule has 0 aliphatic carbocycles. The lowest BCUT2D eigenvalue weighted by molar-refractivity contribution is 0.292. The van der Waals surface area contributed by atoms with Crippen LogP contribution in [-0.2, 0) is 0 Å². The second kappa shape index (κ2) is 3.77. The molecule has 62 valence electrons. The zero-order valence-electron chi connectivity index (χ0n) is 6.04. The molecule has 5 N–H and O–H groups in total. The Morgan fingerprint density at radius 1 is 1.64 bits per heavy atom. The highest BCUT2D eigenvalue weighted by Gasteiger charge is 1.96. The smallest absolute Gasteiger partial charge is 0.243 e. The van der Waals surface area contributed by atoms with Crippen molar-refractivity contribution in [3.63, 3.8) is 0 Å². The number of aromatic nitrogens is 3. The van der Waals surface area contributed by atoms with E-state index in [1.165, 1.54) is 0 Å². The van der Waals surface area contributed by atoms with Crippen molar-refractivity contribution in [3.8, 4) is 0 Å². The molecule has 1 rings (SSSR count). The van der Waals surface area contributed by atoms with Gasteiger partial charge < -0.3 is 16.2 Å². The standard InChI is InChI=1S/C5H11N5O/c6-4-8-5(10-9-4)7-2-1-3-11/h11H,1-3H2,(H4,6,7,8,9,10). The van der Waals surface area contributed by atoms with Gasteiger partial charge in [0.1, 0.15) is 0 Å². The van der Waals surface area contributed by atoms with E-state index >= 15 is 0 Å². The third-order valence-corrected chi connectivity index (χ3v) is 1.12. The summed E-state index contributed by atoms with van der Waals surface area (Å²) in [6.45, 7) is 0.806. The maximum Gasteiger partial charge on any atom is 0.243 e. The molecule has 11 heavy (non-hydrogen) atoms. The summed E-state index contributed by atoms with van der Waals surface area (Å²) in [5, 5.41) is 17.5. The van der Waals surface area contributed by atoms with Gasteiger partial charge in [-0.25, -0.2) is 5.10 Å². The average Bonchev–Trinajstić information content (AvgIpc) is 2.37. The molecule has 0 saturated carbocycles. The van der Waals surface area contributed by atoms with Crippen LogP contribution in [-0.4, -0.2) is 33.4 Å². The quantitative estimate of drug-likeness (QED) is 0.428. The summed E-state index contributed by atoms with van der Waals surface area (Å²) < 4.78 is 0. The van der Waals surface area contributed by atoms with Crippen LogP contribution in [0.25, 0.3) is 0 Å². The van der Waals surface area contributed by atoms with E-state index in [0.717, 1.165) is 0 Å². The van der Waals surface area contributed by atoms with Crippen molar-refractivity contribution in [2.45, 2.75) is 6.42 Å². The Labute approximate surface area is 63.8 Å². The molecule has 0 aliphatic heterocycles. The minimum absolute atomic E-state index is 0.160. The number of anilines is 2. The normalized spacial score (nSPS) is 9.91. The summed E-state index contributed by atoms with van der Waals surface area (Å²) in [4.78, 5) is 3.80. The van der Waals surface area contributed by atoms with Gasteiger partial charge in [-0.2, -0.15) is 4.98 Å². The van der Waals surface area contributed by atoms with Gasteiger partial charge in [-0.05, 0) is 6.42 Å². The monoisotopic (exact) mass is 157 g/mol. The molecule has 0 spiro atoms. The fourth-order valence-corrected chi connectivity index (χ4v) is 0.633. The van der Waals surface area contributed by atoms with Crippen molar-refractivity contribution in [3.05, 3.63) is 0 Å². The van der Waals surface area contributed by atoms with E-state index in [1.807, 2.05) is 0 Å². The first-order chi connectivity index (χ1) is 5.33. The first-order valence-corrected chi connectivity index (χ1v) is 3.35. The highest BCUT2D eigenvalue weighted by atomic mass is 16.3. The van der Waals surface area contributed by atoms with Crippen LogP contribution in [0.3, 0.4) is 0 Å². The summed E-state index contributed by atoms with van der Waals surface area (Å²) in [7, 11) is 0. The number of nitrogen functional groups attached to an aromatic ring is 1. The lowest BCUT2D eigenvalue weighted by Crippen LogP contribution is -2.04. The summed E-state index contributed by atoms with van der Waals surface area (Å²) in [5.41, 5.74) is 5.26. The molecule has 6 heteroatoms. The number of nitrogens with two attached hydrogens (primary N) is 1. The fraction of sp³-hybridized carbons (Fsp3) is 0.600. The number of aliphatic hydroxyl groups is 1. The van der Waals surface area contributed by atoms with Crippen LogP contribution in [0.5, 0.6) is 0 Å². The Balaban J connectivity index is 2.27. The zero-order valence-corrected chi connectivity index (χ0v) is 6.04. The van der Waals surface area contributed by atoms with Crippen LogP contribution in [0.2, 0.25) is 0 Å². The molecule has 0 radical (unpaired) electrons. The Kier molecular flexibility index (Phi) is 2.67. The maximum atomic E-state index is 8.44. The molecule has 0 aliphatic rings. The van der Waals surface area contributed by atoms with Gasteiger partial charge in [0.25, 0.3) is 0 Å². The van der Waals surface area contributed by atoms with Gasteiger partial charge in [-0.15, -0.1) is 5.10 Å². The molecule has 1 aromatic heterocycles. The van der Waals surface area contributed by atoms with E-state index in [1.54, 1.807) is 0 Å². The van der Waals surface area contributed by atoms with E-state index in [-0.39, 0.29) is 12.6 Å². The number of H-pyrrole nitrogens is 1. The van der Waals surface area contributed by atoms with E-state index in [9.17, 15) is 0 Å². The molecule has 1 heterocycles. The van der Waals surface area contributed by atoms with E-state index < -0.39 is 0 Å². The molecule has 0 amide bonds. The van der Waals surface area contributed by atoms with Gasteiger partial charge in [-0.3, -0.25) is 0 Å². The second-order valence-corrected chi connectivity index (χ2v) is 2.05. The number of nitrogens with zero attached hydrogens (tertiary/aromatic N) is 2. The molecule has 1 aromatic rings. The highest BCUT2D eigenvalue weighted by molar-refractivity contribution is 5.29. The predicted molar refractivity (Wildman–Crippen MR) is 41.0 cm³/mol. The molecule has 0 aromatic carbocycles. The Hall–Kier alpha value is -1.30. The first kappa shape index (κ1) is 7.80. The zero-order chi connectivity index (χ0) is 8.10. The molecular weight excluding hydrogens is 146 g/mol. The van der Waals surface area contributed by atoms with Crippen molar-refractivity contribution >= 4 is 11.9 Å². The van der Waals surface area contributed by atoms with Crippen LogP contribution in [0.4, 0.5) is 11.9 Å². The van der Waals surface area contributed by atoms with Crippen LogP contribution in [0, 0.1) is 0 Å². The van der Waals surface area contributed by atoms with Crippen LogP contribution >= 0.6 is 0 Å². The molecule has 0 unspecified atom stereocenters. The molecule has 6 nitrogen and oxygen atoms in total. The van der Waals surface area contributed by atoms with Crippen LogP contribution < -0.4 is 11.1 Å². The minimum atomic E-state index is 0.160. The first-order valence-electron chi connectivity index (χ1n) is 3.35. The van der Waals surface area contributed by atoms with E-state index in [2.05, 4.69) is 20.5 Å². The van der Waals surface area contributed by atoms with Gasteiger partial charge in [-0.1, -0.05) is 0 Å². The van der Waals surface area contributed by atoms with Crippen molar-refractivity contribution in [2.24, 2.45) is 0 Å². The summed E-state index contributed by atoms with van der Waals surface area (Å²) in [5.74, 6) is 0.757. The maximum absolute atomic E-state index is 8.44. The van der Waals surface area contributed by atoms with Gasteiger partial charge in [0, 0.05) is 13.2 Å². The lowest BCUT2D eigenvalue weighted by Gasteiger charge is -1.96. The summed E-state index contributed by atoms with van der Waals surface area (Å²) >= 11 is 0. The van der Waals surface area contributed by atoms with Crippen LogP contribution in [0.15, 0.2) is 0 Å². The van der Waals surface area contributed by atoms with Gasteiger partial charge in [0.15, 0.2) is 0 Å². The number of hydrogen-bond acceptors (Lipinski definition) is 5. The van der Waals surface area contributed by atoms with Gasteiger partial charge >= 0.3 is 0 Å². The molecule has 0 bridgehead atoms. The second-order valence-electron chi connectivity index (χ2n) is 2.05.